The summed E-state index contributed by atoms with van der Waals surface area (Å²) in [6, 6.07) is 20.5. The molecule has 0 amide bonds. The highest BCUT2D eigenvalue weighted by Crippen LogP contribution is 2.31. The van der Waals surface area contributed by atoms with Crippen molar-refractivity contribution in [2.45, 2.75) is 11.4 Å². The number of rotatable bonds is 5. The highest BCUT2D eigenvalue weighted by atomic mass is 32.2. The maximum atomic E-state index is 13.2. The average Bonchev–Trinajstić information content (AvgIpc) is 3.26. The number of anilines is 1. The van der Waals surface area contributed by atoms with Gasteiger partial charge in [0, 0.05) is 62.4 Å². The van der Waals surface area contributed by atoms with E-state index in [9.17, 15) is 8.42 Å². The van der Waals surface area contributed by atoms with Gasteiger partial charge in [0.2, 0.25) is 0 Å². The monoisotopic (exact) mass is 432 g/mol. The summed E-state index contributed by atoms with van der Waals surface area (Å²) in [6.07, 6.45) is 5.33. The van der Waals surface area contributed by atoms with Crippen molar-refractivity contribution >= 4 is 26.6 Å². The van der Waals surface area contributed by atoms with Crippen LogP contribution in [0.25, 0.3) is 10.9 Å². The number of aromatic nitrogens is 2. The van der Waals surface area contributed by atoms with Crippen molar-refractivity contribution < 1.29 is 8.42 Å². The van der Waals surface area contributed by atoms with E-state index in [1.54, 1.807) is 30.5 Å². The quantitative estimate of drug-likeness (QED) is 0.482. The molecule has 1 saturated heterocycles. The Morgan fingerprint density at radius 1 is 0.806 bits per heavy atom. The molecule has 0 spiro atoms. The number of hydrogen-bond acceptors (Lipinski definition) is 5. The predicted octanol–water partition coefficient (Wildman–Crippen LogP) is 3.60. The van der Waals surface area contributed by atoms with Crippen molar-refractivity contribution in [1.82, 2.24) is 13.9 Å². The maximum absolute atomic E-state index is 13.2. The number of hydrogen-bond donors (Lipinski definition) is 0. The molecule has 1 aliphatic rings. The maximum Gasteiger partial charge on any atom is 0.268 e. The van der Waals surface area contributed by atoms with E-state index >= 15 is 0 Å². The molecule has 0 saturated carbocycles. The fraction of sp³-hybridized carbons (Fsp3) is 0.208. The van der Waals surface area contributed by atoms with Crippen LogP contribution in [-0.2, 0) is 16.6 Å². The summed E-state index contributed by atoms with van der Waals surface area (Å²) in [7, 11) is -3.63. The Hall–Kier alpha value is -3.16. The summed E-state index contributed by atoms with van der Waals surface area (Å²) in [6.45, 7) is 4.65. The number of nitrogens with zero attached hydrogens (tertiary/aromatic N) is 4. The first-order valence-electron chi connectivity index (χ1n) is 10.4. The van der Waals surface area contributed by atoms with Gasteiger partial charge in [-0.05, 0) is 48.0 Å². The van der Waals surface area contributed by atoms with Gasteiger partial charge in [-0.15, -0.1) is 0 Å². The molecule has 0 unspecified atom stereocenters. The van der Waals surface area contributed by atoms with Gasteiger partial charge < -0.3 is 4.90 Å². The lowest BCUT2D eigenvalue weighted by molar-refractivity contribution is 0.250. The lowest BCUT2D eigenvalue weighted by Crippen LogP contribution is -2.46. The first-order valence-corrected chi connectivity index (χ1v) is 11.8. The molecule has 31 heavy (non-hydrogen) atoms. The second-order valence-electron chi connectivity index (χ2n) is 7.76. The molecule has 0 atom stereocenters. The van der Waals surface area contributed by atoms with Gasteiger partial charge in [0.15, 0.2) is 0 Å². The molecular weight excluding hydrogens is 408 g/mol. The average molecular weight is 433 g/mol. The molecule has 0 bridgehead atoms. The summed E-state index contributed by atoms with van der Waals surface area (Å²) in [5.41, 5.74) is 3.07. The van der Waals surface area contributed by atoms with Crippen molar-refractivity contribution in [3.8, 4) is 0 Å². The molecule has 6 nitrogen and oxygen atoms in total. The molecule has 1 aliphatic heterocycles. The Balaban J connectivity index is 1.39. The highest BCUT2D eigenvalue weighted by Gasteiger charge is 2.22. The zero-order chi connectivity index (χ0) is 21.3. The van der Waals surface area contributed by atoms with Crippen molar-refractivity contribution in [3.63, 3.8) is 0 Å². The Morgan fingerprint density at radius 2 is 1.55 bits per heavy atom. The molecule has 3 heterocycles. The molecule has 0 aliphatic carbocycles. The zero-order valence-electron chi connectivity index (χ0n) is 17.1. The second-order valence-corrected chi connectivity index (χ2v) is 9.57. The van der Waals surface area contributed by atoms with E-state index in [0.717, 1.165) is 43.8 Å². The van der Waals surface area contributed by atoms with Crippen LogP contribution < -0.4 is 4.90 Å². The Kier molecular flexibility index (Phi) is 5.21. The van der Waals surface area contributed by atoms with Gasteiger partial charge >= 0.3 is 0 Å². The first kappa shape index (κ1) is 19.8. The molecule has 0 N–H and O–H groups in total. The van der Waals surface area contributed by atoms with Gasteiger partial charge in [-0.1, -0.05) is 24.3 Å². The molecule has 7 heteroatoms. The van der Waals surface area contributed by atoms with Crippen LogP contribution in [0, 0.1) is 0 Å². The van der Waals surface area contributed by atoms with E-state index in [4.69, 9.17) is 0 Å². The van der Waals surface area contributed by atoms with E-state index in [1.165, 1.54) is 9.54 Å². The third-order valence-electron chi connectivity index (χ3n) is 5.84. The van der Waals surface area contributed by atoms with E-state index < -0.39 is 10.0 Å². The van der Waals surface area contributed by atoms with Crippen LogP contribution in [0.2, 0.25) is 0 Å². The van der Waals surface area contributed by atoms with Crippen molar-refractivity contribution in [2.24, 2.45) is 0 Å². The lowest BCUT2D eigenvalue weighted by atomic mass is 10.1. The van der Waals surface area contributed by atoms with E-state index in [-0.39, 0.29) is 0 Å². The Morgan fingerprint density at radius 3 is 2.29 bits per heavy atom. The standard InChI is InChI=1S/C24H24N4O2S/c29-31(30,21-5-2-1-3-6-21)28-14-11-22-23(7-4-8-24(22)28)27-17-15-26(16-18-27)19-20-9-12-25-13-10-20/h1-14H,15-19H2. The van der Waals surface area contributed by atoms with Gasteiger partial charge in [-0.2, -0.15) is 0 Å². The summed E-state index contributed by atoms with van der Waals surface area (Å²) < 4.78 is 27.7. The van der Waals surface area contributed by atoms with E-state index in [1.807, 2.05) is 36.7 Å². The largest absolute Gasteiger partial charge is 0.368 e. The van der Waals surface area contributed by atoms with Gasteiger partial charge in [0.25, 0.3) is 10.0 Å². The topological polar surface area (TPSA) is 58.4 Å². The summed E-state index contributed by atoms with van der Waals surface area (Å²) in [5.74, 6) is 0. The predicted molar refractivity (Wildman–Crippen MR) is 123 cm³/mol. The van der Waals surface area contributed by atoms with Gasteiger partial charge in [0.1, 0.15) is 0 Å². The third kappa shape index (κ3) is 3.82. The first-order chi connectivity index (χ1) is 15.1. The van der Waals surface area contributed by atoms with Crippen LogP contribution >= 0.6 is 0 Å². The van der Waals surface area contributed by atoms with Crippen LogP contribution in [0.15, 0.2) is 90.2 Å². The van der Waals surface area contributed by atoms with Crippen molar-refractivity contribution in [1.29, 1.82) is 0 Å². The summed E-state index contributed by atoms with van der Waals surface area (Å²) in [4.78, 5) is 9.17. The van der Waals surface area contributed by atoms with Crippen molar-refractivity contribution in [3.05, 3.63) is 90.9 Å². The Bertz CT molecular complexity index is 1280. The third-order valence-corrected chi connectivity index (χ3v) is 7.55. The second kappa shape index (κ2) is 8.17. The molecule has 5 rings (SSSR count). The fourth-order valence-electron chi connectivity index (χ4n) is 4.21. The number of pyridine rings is 1. The summed E-state index contributed by atoms with van der Waals surface area (Å²) >= 11 is 0. The molecular formula is C24H24N4O2S. The van der Waals surface area contributed by atoms with Crippen LogP contribution in [0.4, 0.5) is 5.69 Å². The molecule has 0 radical (unpaired) electrons. The number of piperazine rings is 1. The minimum absolute atomic E-state index is 0.294. The molecule has 158 valence electrons. The molecule has 4 aromatic rings. The highest BCUT2D eigenvalue weighted by molar-refractivity contribution is 7.90. The SMILES string of the molecule is O=S(=O)(c1ccccc1)n1ccc2c(N3CCN(Cc4ccncc4)CC3)cccc21. The van der Waals surface area contributed by atoms with E-state index in [2.05, 4.69) is 33.0 Å². The van der Waals surface area contributed by atoms with Gasteiger partial charge in [-0.25, -0.2) is 12.4 Å². The van der Waals surface area contributed by atoms with Gasteiger partial charge in [0.05, 0.1) is 10.4 Å². The van der Waals surface area contributed by atoms with Crippen LogP contribution in [0.5, 0.6) is 0 Å². The lowest BCUT2D eigenvalue weighted by Gasteiger charge is -2.36. The Labute approximate surface area is 182 Å². The smallest absolute Gasteiger partial charge is 0.268 e. The van der Waals surface area contributed by atoms with Crippen LogP contribution in [-0.4, -0.2) is 48.5 Å². The van der Waals surface area contributed by atoms with Crippen LogP contribution in [0.1, 0.15) is 5.56 Å². The molecule has 2 aromatic heterocycles. The fourth-order valence-corrected chi connectivity index (χ4v) is 5.58. The molecule has 2 aromatic carbocycles. The van der Waals surface area contributed by atoms with Crippen molar-refractivity contribution in [2.75, 3.05) is 31.1 Å². The summed E-state index contributed by atoms with van der Waals surface area (Å²) in [5, 5.41) is 0.963. The minimum Gasteiger partial charge on any atom is -0.368 e. The van der Waals surface area contributed by atoms with E-state index in [0.29, 0.717) is 10.4 Å². The minimum atomic E-state index is -3.63. The van der Waals surface area contributed by atoms with Crippen LogP contribution in [0.3, 0.4) is 0 Å². The van der Waals surface area contributed by atoms with Gasteiger partial charge in [-0.3, -0.25) is 9.88 Å². The normalized spacial score (nSPS) is 15.4. The number of benzene rings is 2. The molecule has 1 fully saturated rings. The zero-order valence-corrected chi connectivity index (χ0v) is 17.9. The number of fused-ring (bicyclic) bond motifs is 1.